The average Bonchev–Trinajstić information content (AvgIpc) is 3.19. The molecule has 1 aromatic heterocycles. The number of ether oxygens (including phenoxy) is 1. The first kappa shape index (κ1) is 16.6. The van der Waals surface area contributed by atoms with Crippen molar-refractivity contribution in [3.63, 3.8) is 0 Å². The van der Waals surface area contributed by atoms with Crippen molar-refractivity contribution in [1.82, 2.24) is 4.90 Å². The van der Waals surface area contributed by atoms with Gasteiger partial charge in [-0.3, -0.25) is 4.90 Å². The highest BCUT2D eigenvalue weighted by Crippen LogP contribution is 2.32. The molecule has 1 aromatic carbocycles. The highest BCUT2D eigenvalue weighted by Gasteiger charge is 2.27. The van der Waals surface area contributed by atoms with E-state index >= 15 is 0 Å². The van der Waals surface area contributed by atoms with E-state index in [0.717, 1.165) is 29.8 Å². The van der Waals surface area contributed by atoms with Crippen molar-refractivity contribution >= 4 is 11.3 Å². The molecule has 124 valence electrons. The van der Waals surface area contributed by atoms with Crippen molar-refractivity contribution in [2.24, 2.45) is 0 Å². The molecule has 0 amide bonds. The maximum atomic E-state index is 13.4. The van der Waals surface area contributed by atoms with Crippen LogP contribution in [-0.4, -0.2) is 35.8 Å². The van der Waals surface area contributed by atoms with Gasteiger partial charge in [0, 0.05) is 17.5 Å². The Bertz CT molecular complexity index is 605. The van der Waals surface area contributed by atoms with E-state index < -0.39 is 6.10 Å². The molecular formula is C18H22FNO2S. The van der Waals surface area contributed by atoms with Gasteiger partial charge in [0.2, 0.25) is 0 Å². The molecule has 0 saturated carbocycles. The summed E-state index contributed by atoms with van der Waals surface area (Å²) in [4.78, 5) is 3.39. The highest BCUT2D eigenvalue weighted by atomic mass is 32.1. The zero-order valence-electron chi connectivity index (χ0n) is 13.0. The third-order valence-corrected chi connectivity index (χ3v) is 5.03. The molecule has 0 spiro atoms. The summed E-state index contributed by atoms with van der Waals surface area (Å²) in [6, 6.07) is 11.0. The second-order valence-electron chi connectivity index (χ2n) is 5.96. The average molecular weight is 335 g/mol. The lowest BCUT2D eigenvalue weighted by Crippen LogP contribution is -2.34. The summed E-state index contributed by atoms with van der Waals surface area (Å²) < 4.78 is 19.0. The Kier molecular flexibility index (Phi) is 5.78. The summed E-state index contributed by atoms with van der Waals surface area (Å²) in [7, 11) is 0. The van der Waals surface area contributed by atoms with E-state index in [9.17, 15) is 9.50 Å². The Labute approximate surface area is 140 Å². The molecule has 3 nitrogen and oxygen atoms in total. The molecule has 23 heavy (non-hydrogen) atoms. The van der Waals surface area contributed by atoms with Crippen molar-refractivity contribution < 1.29 is 14.2 Å². The molecule has 5 heteroatoms. The van der Waals surface area contributed by atoms with Crippen LogP contribution in [0.1, 0.15) is 29.3 Å². The standard InChI is InChI=1S/C18H22FNO2S/c19-15-5-1-4-14(10-15)18-7-2-8-20(18)11-16(21)12-22-13-17-6-3-9-23-17/h1,3-6,9-10,16,18,21H,2,7-8,11-13H2/t16-,18+/m0/s1. The number of likely N-dealkylation sites (tertiary alicyclic amines) is 1. The third kappa shape index (κ3) is 4.61. The number of aliphatic hydroxyl groups excluding tert-OH is 1. The fourth-order valence-corrected chi connectivity index (χ4v) is 3.79. The maximum Gasteiger partial charge on any atom is 0.123 e. The Morgan fingerprint density at radius 3 is 3.04 bits per heavy atom. The van der Waals surface area contributed by atoms with Gasteiger partial charge in [0.1, 0.15) is 5.82 Å². The van der Waals surface area contributed by atoms with E-state index in [4.69, 9.17) is 4.74 Å². The smallest absolute Gasteiger partial charge is 0.123 e. The van der Waals surface area contributed by atoms with Crippen LogP contribution >= 0.6 is 11.3 Å². The number of thiophene rings is 1. The van der Waals surface area contributed by atoms with Gasteiger partial charge in [-0.05, 0) is 48.5 Å². The summed E-state index contributed by atoms with van der Waals surface area (Å²) in [5.74, 6) is -0.200. The lowest BCUT2D eigenvalue weighted by molar-refractivity contribution is 0.00847. The first-order valence-corrected chi connectivity index (χ1v) is 8.88. The van der Waals surface area contributed by atoms with Gasteiger partial charge in [-0.25, -0.2) is 4.39 Å². The van der Waals surface area contributed by atoms with Crippen molar-refractivity contribution in [1.29, 1.82) is 0 Å². The molecule has 0 unspecified atom stereocenters. The van der Waals surface area contributed by atoms with E-state index in [-0.39, 0.29) is 11.9 Å². The molecule has 1 aliphatic heterocycles. The predicted molar refractivity (Wildman–Crippen MR) is 89.9 cm³/mol. The summed E-state index contributed by atoms with van der Waals surface area (Å²) in [5.41, 5.74) is 0.995. The Hall–Kier alpha value is -1.27. The van der Waals surface area contributed by atoms with Gasteiger partial charge in [-0.2, -0.15) is 0 Å². The molecule has 2 heterocycles. The first-order valence-electron chi connectivity index (χ1n) is 8.00. The number of rotatable bonds is 7. The van der Waals surface area contributed by atoms with Crippen LogP contribution in [0, 0.1) is 5.82 Å². The van der Waals surface area contributed by atoms with Gasteiger partial charge in [0.15, 0.2) is 0 Å². The van der Waals surface area contributed by atoms with E-state index in [1.807, 2.05) is 23.6 Å². The van der Waals surface area contributed by atoms with Crippen LogP contribution in [0.3, 0.4) is 0 Å². The van der Waals surface area contributed by atoms with E-state index in [1.54, 1.807) is 23.5 Å². The second-order valence-corrected chi connectivity index (χ2v) is 6.99. The van der Waals surface area contributed by atoms with Gasteiger partial charge >= 0.3 is 0 Å². The lowest BCUT2D eigenvalue weighted by atomic mass is 10.0. The number of aliphatic hydroxyl groups is 1. The maximum absolute atomic E-state index is 13.4. The molecular weight excluding hydrogens is 313 g/mol. The molecule has 1 aliphatic rings. The molecule has 1 saturated heterocycles. The molecule has 3 rings (SSSR count). The minimum absolute atomic E-state index is 0.192. The molecule has 2 aromatic rings. The molecule has 1 N–H and O–H groups in total. The molecule has 2 atom stereocenters. The number of hydrogen-bond donors (Lipinski definition) is 1. The van der Waals surface area contributed by atoms with E-state index in [2.05, 4.69) is 4.90 Å². The van der Waals surface area contributed by atoms with Crippen LogP contribution in [0.2, 0.25) is 0 Å². The van der Waals surface area contributed by atoms with Gasteiger partial charge in [-0.1, -0.05) is 18.2 Å². The number of nitrogens with zero attached hydrogens (tertiary/aromatic N) is 1. The lowest BCUT2D eigenvalue weighted by Gasteiger charge is -2.27. The minimum Gasteiger partial charge on any atom is -0.389 e. The number of hydrogen-bond acceptors (Lipinski definition) is 4. The fraction of sp³-hybridized carbons (Fsp3) is 0.444. The van der Waals surface area contributed by atoms with Gasteiger partial charge in [0.05, 0.1) is 19.3 Å². The summed E-state index contributed by atoms with van der Waals surface area (Å²) in [6.07, 6.45) is 1.56. The Morgan fingerprint density at radius 2 is 2.26 bits per heavy atom. The molecule has 1 fully saturated rings. The van der Waals surface area contributed by atoms with Gasteiger partial charge in [-0.15, -0.1) is 11.3 Å². The van der Waals surface area contributed by atoms with Crippen LogP contribution in [0.15, 0.2) is 41.8 Å². The highest BCUT2D eigenvalue weighted by molar-refractivity contribution is 7.09. The SMILES string of the molecule is O[C@H](COCc1cccs1)CN1CCC[C@@H]1c1cccc(F)c1. The van der Waals surface area contributed by atoms with Crippen molar-refractivity contribution in [3.05, 3.63) is 58.0 Å². The quantitative estimate of drug-likeness (QED) is 0.839. The normalized spacial score (nSPS) is 20.0. The second kappa shape index (κ2) is 8.02. The Balaban J connectivity index is 1.49. The van der Waals surface area contributed by atoms with Crippen LogP contribution in [-0.2, 0) is 11.3 Å². The fourth-order valence-electron chi connectivity index (χ4n) is 3.15. The summed E-state index contributed by atoms with van der Waals surface area (Å²) >= 11 is 1.65. The third-order valence-electron chi connectivity index (χ3n) is 4.18. The van der Waals surface area contributed by atoms with Crippen molar-refractivity contribution in [2.45, 2.75) is 31.6 Å². The van der Waals surface area contributed by atoms with Crippen LogP contribution < -0.4 is 0 Å². The number of benzene rings is 1. The molecule has 0 aliphatic carbocycles. The largest absolute Gasteiger partial charge is 0.389 e. The summed E-state index contributed by atoms with van der Waals surface area (Å²) in [6.45, 7) is 2.36. The van der Waals surface area contributed by atoms with E-state index in [1.165, 1.54) is 6.07 Å². The predicted octanol–water partition coefficient (Wildman–Crippen LogP) is 3.60. The van der Waals surface area contributed by atoms with Crippen LogP contribution in [0.5, 0.6) is 0 Å². The molecule has 0 radical (unpaired) electrons. The first-order chi connectivity index (χ1) is 11.2. The molecule has 0 bridgehead atoms. The van der Waals surface area contributed by atoms with Crippen LogP contribution in [0.4, 0.5) is 4.39 Å². The zero-order valence-corrected chi connectivity index (χ0v) is 13.8. The minimum atomic E-state index is -0.524. The van der Waals surface area contributed by atoms with Gasteiger partial charge < -0.3 is 9.84 Å². The van der Waals surface area contributed by atoms with Crippen LogP contribution in [0.25, 0.3) is 0 Å². The topological polar surface area (TPSA) is 32.7 Å². The zero-order chi connectivity index (χ0) is 16.1. The monoisotopic (exact) mass is 335 g/mol. The van der Waals surface area contributed by atoms with Crippen molar-refractivity contribution in [3.8, 4) is 0 Å². The number of halogens is 1. The van der Waals surface area contributed by atoms with Gasteiger partial charge in [0.25, 0.3) is 0 Å². The Morgan fingerprint density at radius 1 is 1.35 bits per heavy atom. The van der Waals surface area contributed by atoms with Crippen molar-refractivity contribution in [2.75, 3.05) is 19.7 Å². The van der Waals surface area contributed by atoms with E-state index in [0.29, 0.717) is 19.8 Å². The summed E-state index contributed by atoms with van der Waals surface area (Å²) in [5, 5.41) is 12.2. The number of β-amino-alcohol motifs (C(OH)–C–C–N with tert-alkyl or cyclic N) is 1.